The van der Waals surface area contributed by atoms with Gasteiger partial charge in [0.1, 0.15) is 12.3 Å². The Labute approximate surface area is 118 Å². The van der Waals surface area contributed by atoms with E-state index in [1.54, 1.807) is 17.1 Å². The number of primary amides is 1. The first-order valence-electron chi connectivity index (χ1n) is 6.72. The van der Waals surface area contributed by atoms with Crippen LogP contribution < -0.4 is 10.5 Å². The van der Waals surface area contributed by atoms with Gasteiger partial charge in [-0.3, -0.25) is 4.79 Å². The molecule has 2 aromatic rings. The maximum atomic E-state index is 10.8. The monoisotopic (exact) mass is 273 g/mol. The summed E-state index contributed by atoms with van der Waals surface area (Å²) < 4.78 is 7.28. The van der Waals surface area contributed by atoms with E-state index in [4.69, 9.17) is 10.5 Å². The molecule has 0 aliphatic heterocycles. The van der Waals surface area contributed by atoms with Crippen LogP contribution in [-0.4, -0.2) is 22.1 Å². The molecular weight excluding hydrogens is 254 g/mol. The first-order valence-corrected chi connectivity index (χ1v) is 6.72. The smallest absolute Gasteiger partial charge is 0.237 e. The van der Waals surface area contributed by atoms with Gasteiger partial charge in [0.15, 0.2) is 0 Å². The van der Waals surface area contributed by atoms with Crippen LogP contribution in [0.2, 0.25) is 0 Å². The molecule has 1 heterocycles. The molecule has 0 saturated heterocycles. The fourth-order valence-electron chi connectivity index (χ4n) is 1.83. The van der Waals surface area contributed by atoms with E-state index in [-0.39, 0.29) is 12.5 Å². The summed E-state index contributed by atoms with van der Waals surface area (Å²) in [7, 11) is 0. The molecule has 5 nitrogen and oxygen atoms in total. The van der Waals surface area contributed by atoms with E-state index in [2.05, 4.69) is 11.9 Å². The van der Waals surface area contributed by atoms with Gasteiger partial charge in [-0.1, -0.05) is 13.3 Å². The molecule has 0 fully saturated rings. The lowest BCUT2D eigenvalue weighted by molar-refractivity contribution is -0.118. The zero-order valence-corrected chi connectivity index (χ0v) is 11.6. The van der Waals surface area contributed by atoms with Gasteiger partial charge in [-0.2, -0.15) is 0 Å². The highest BCUT2D eigenvalue weighted by molar-refractivity contribution is 5.73. The van der Waals surface area contributed by atoms with Crippen LogP contribution in [0.25, 0.3) is 11.3 Å². The summed E-state index contributed by atoms with van der Waals surface area (Å²) in [5.74, 6) is 0.479. The molecule has 0 aliphatic rings. The molecule has 0 spiro atoms. The minimum Gasteiger partial charge on any atom is -0.494 e. The van der Waals surface area contributed by atoms with Crippen molar-refractivity contribution >= 4 is 5.91 Å². The third kappa shape index (κ3) is 3.85. The molecule has 0 aliphatic carbocycles. The van der Waals surface area contributed by atoms with Crippen LogP contribution in [0.3, 0.4) is 0 Å². The van der Waals surface area contributed by atoms with Gasteiger partial charge in [0.2, 0.25) is 5.91 Å². The molecule has 0 atom stereocenters. The maximum absolute atomic E-state index is 10.8. The van der Waals surface area contributed by atoms with Crippen molar-refractivity contribution in [3.63, 3.8) is 0 Å². The highest BCUT2D eigenvalue weighted by Crippen LogP contribution is 2.21. The van der Waals surface area contributed by atoms with Crippen molar-refractivity contribution in [1.29, 1.82) is 0 Å². The largest absolute Gasteiger partial charge is 0.494 e. The number of unbranched alkanes of at least 4 members (excludes halogenated alkanes) is 1. The Bertz CT molecular complexity index is 561. The molecule has 0 bridgehead atoms. The number of amides is 1. The lowest BCUT2D eigenvalue weighted by atomic mass is 10.1. The molecule has 1 aromatic heterocycles. The van der Waals surface area contributed by atoms with Crippen molar-refractivity contribution in [2.45, 2.75) is 26.3 Å². The van der Waals surface area contributed by atoms with Crippen molar-refractivity contribution in [1.82, 2.24) is 9.55 Å². The second-order valence-corrected chi connectivity index (χ2v) is 4.62. The second-order valence-electron chi connectivity index (χ2n) is 4.62. The summed E-state index contributed by atoms with van der Waals surface area (Å²) in [6.45, 7) is 3.02. The number of nitrogens with zero attached hydrogens (tertiary/aromatic N) is 2. The number of hydrogen-bond acceptors (Lipinski definition) is 3. The number of imidazole rings is 1. The van der Waals surface area contributed by atoms with Crippen molar-refractivity contribution in [3.8, 4) is 17.0 Å². The van der Waals surface area contributed by atoms with Gasteiger partial charge in [-0.25, -0.2) is 4.98 Å². The number of ether oxygens (including phenoxy) is 1. The number of rotatable bonds is 7. The minimum atomic E-state index is -0.381. The predicted molar refractivity (Wildman–Crippen MR) is 77.3 cm³/mol. The molecule has 20 heavy (non-hydrogen) atoms. The SMILES string of the molecule is CCCCOc1ccc(-c2cn(CC(N)=O)cn2)cc1. The average molecular weight is 273 g/mol. The Kier molecular flexibility index (Phi) is 4.76. The normalized spacial score (nSPS) is 10.4. The molecule has 1 amide bonds. The molecule has 5 heteroatoms. The van der Waals surface area contributed by atoms with Crippen molar-refractivity contribution in [3.05, 3.63) is 36.8 Å². The van der Waals surface area contributed by atoms with Crippen LogP contribution in [0.4, 0.5) is 0 Å². The average Bonchev–Trinajstić information content (AvgIpc) is 2.87. The fraction of sp³-hybridized carbons (Fsp3) is 0.333. The molecular formula is C15H19N3O2. The fourth-order valence-corrected chi connectivity index (χ4v) is 1.83. The van der Waals surface area contributed by atoms with Crippen LogP contribution in [0.1, 0.15) is 19.8 Å². The zero-order chi connectivity index (χ0) is 14.4. The zero-order valence-electron chi connectivity index (χ0n) is 11.6. The predicted octanol–water partition coefficient (Wildman–Crippen LogP) is 2.21. The first kappa shape index (κ1) is 14.1. The summed E-state index contributed by atoms with van der Waals surface area (Å²) in [5, 5.41) is 0. The van der Waals surface area contributed by atoms with E-state index < -0.39 is 0 Å². The maximum Gasteiger partial charge on any atom is 0.237 e. The third-order valence-electron chi connectivity index (χ3n) is 2.89. The molecule has 0 radical (unpaired) electrons. The number of benzene rings is 1. The lowest BCUT2D eigenvalue weighted by Crippen LogP contribution is -2.17. The van der Waals surface area contributed by atoms with Gasteiger partial charge in [0, 0.05) is 11.8 Å². The van der Waals surface area contributed by atoms with Crippen molar-refractivity contribution in [2.75, 3.05) is 6.61 Å². The van der Waals surface area contributed by atoms with Gasteiger partial charge in [0.25, 0.3) is 0 Å². The molecule has 2 N–H and O–H groups in total. The standard InChI is InChI=1S/C15H19N3O2/c1-2-3-8-20-13-6-4-12(5-7-13)14-9-18(11-17-14)10-15(16)19/h4-7,9,11H,2-3,8,10H2,1H3,(H2,16,19). The van der Waals surface area contributed by atoms with Gasteiger partial charge in [-0.15, -0.1) is 0 Å². The van der Waals surface area contributed by atoms with E-state index in [9.17, 15) is 4.79 Å². The van der Waals surface area contributed by atoms with E-state index in [1.807, 2.05) is 24.3 Å². The summed E-state index contributed by atoms with van der Waals surface area (Å²) in [4.78, 5) is 15.1. The summed E-state index contributed by atoms with van der Waals surface area (Å²) in [6, 6.07) is 7.77. The summed E-state index contributed by atoms with van der Waals surface area (Å²) >= 11 is 0. The van der Waals surface area contributed by atoms with Gasteiger partial charge in [-0.05, 0) is 30.7 Å². The number of hydrogen-bond donors (Lipinski definition) is 1. The Hall–Kier alpha value is -2.30. The second kappa shape index (κ2) is 6.75. The van der Waals surface area contributed by atoms with Gasteiger partial charge in [0.05, 0.1) is 18.6 Å². The summed E-state index contributed by atoms with van der Waals surface area (Å²) in [5.41, 5.74) is 6.94. The Morgan fingerprint density at radius 2 is 2.10 bits per heavy atom. The van der Waals surface area contributed by atoms with Crippen molar-refractivity contribution in [2.24, 2.45) is 5.73 Å². The highest BCUT2D eigenvalue weighted by atomic mass is 16.5. The lowest BCUT2D eigenvalue weighted by Gasteiger charge is -2.05. The Morgan fingerprint density at radius 1 is 1.35 bits per heavy atom. The van der Waals surface area contributed by atoms with E-state index in [1.165, 1.54) is 0 Å². The third-order valence-corrected chi connectivity index (χ3v) is 2.89. The molecule has 106 valence electrons. The number of nitrogens with two attached hydrogens (primary N) is 1. The summed E-state index contributed by atoms with van der Waals surface area (Å²) in [6.07, 6.45) is 5.58. The van der Waals surface area contributed by atoms with E-state index in [0.29, 0.717) is 0 Å². The number of aromatic nitrogens is 2. The molecule has 0 saturated carbocycles. The Balaban J connectivity index is 2.02. The van der Waals surface area contributed by atoms with E-state index in [0.717, 1.165) is 36.5 Å². The molecule has 0 unspecified atom stereocenters. The van der Waals surface area contributed by atoms with Gasteiger partial charge < -0.3 is 15.0 Å². The minimum absolute atomic E-state index is 0.144. The van der Waals surface area contributed by atoms with E-state index >= 15 is 0 Å². The topological polar surface area (TPSA) is 70.1 Å². The number of carbonyl (C=O) groups is 1. The highest BCUT2D eigenvalue weighted by Gasteiger charge is 2.04. The van der Waals surface area contributed by atoms with Crippen LogP contribution >= 0.6 is 0 Å². The van der Waals surface area contributed by atoms with Crippen LogP contribution in [-0.2, 0) is 11.3 Å². The first-order chi connectivity index (χ1) is 9.69. The van der Waals surface area contributed by atoms with Crippen molar-refractivity contribution < 1.29 is 9.53 Å². The number of carbonyl (C=O) groups excluding carboxylic acids is 1. The quantitative estimate of drug-likeness (QED) is 0.786. The molecule has 2 rings (SSSR count). The van der Waals surface area contributed by atoms with Gasteiger partial charge >= 0.3 is 0 Å². The molecule has 1 aromatic carbocycles. The van der Waals surface area contributed by atoms with Crippen LogP contribution in [0, 0.1) is 0 Å². The van der Waals surface area contributed by atoms with Crippen LogP contribution in [0.5, 0.6) is 5.75 Å². The Morgan fingerprint density at radius 3 is 2.75 bits per heavy atom. The van der Waals surface area contributed by atoms with Crippen LogP contribution in [0.15, 0.2) is 36.8 Å².